The lowest BCUT2D eigenvalue weighted by Gasteiger charge is -2.29. The molecule has 136 valence electrons. The molecule has 0 aromatic heterocycles. The molecule has 0 nitrogen and oxygen atoms in total. The van der Waals surface area contributed by atoms with Crippen LogP contribution in [0, 0.1) is 11.8 Å². The predicted octanol–water partition coefficient (Wildman–Crippen LogP) is 8.46. The molecule has 0 aromatic rings. The lowest BCUT2D eigenvalue weighted by Crippen LogP contribution is -2.17. The highest BCUT2D eigenvalue weighted by atomic mass is 14.3. The third kappa shape index (κ3) is 11.0. The van der Waals surface area contributed by atoms with Crippen LogP contribution in [-0.2, 0) is 0 Å². The van der Waals surface area contributed by atoms with Crippen LogP contribution in [0.1, 0.15) is 122 Å². The van der Waals surface area contributed by atoms with Crippen LogP contribution < -0.4 is 0 Å². The molecule has 0 aromatic carbocycles. The predicted molar refractivity (Wildman–Crippen MR) is 106 cm³/mol. The van der Waals surface area contributed by atoms with E-state index in [0.29, 0.717) is 0 Å². The van der Waals surface area contributed by atoms with Crippen molar-refractivity contribution in [2.24, 2.45) is 11.8 Å². The van der Waals surface area contributed by atoms with Gasteiger partial charge in [-0.05, 0) is 24.7 Å². The molecule has 0 aliphatic heterocycles. The smallest absolute Gasteiger partial charge is 0.0322 e. The Morgan fingerprint density at radius 1 is 0.783 bits per heavy atom. The van der Waals surface area contributed by atoms with Crippen molar-refractivity contribution in [3.05, 3.63) is 12.7 Å². The minimum absolute atomic E-state index is 0.950. The zero-order chi connectivity index (χ0) is 16.6. The molecule has 0 heteroatoms. The normalized spacial score (nSPS) is 17.3. The third-order valence-electron chi connectivity index (χ3n) is 5.96. The Bertz CT molecular complexity index is 249. The minimum Gasteiger partial charge on any atom is -0.103 e. The van der Waals surface area contributed by atoms with Crippen molar-refractivity contribution in [3.8, 4) is 0 Å². The highest BCUT2D eigenvalue weighted by molar-refractivity contribution is 4.80. The van der Waals surface area contributed by atoms with Gasteiger partial charge in [0, 0.05) is 0 Å². The van der Waals surface area contributed by atoms with Gasteiger partial charge in [-0.2, -0.15) is 0 Å². The van der Waals surface area contributed by atoms with E-state index in [2.05, 4.69) is 19.6 Å². The number of allylic oxidation sites excluding steroid dienone is 1. The van der Waals surface area contributed by atoms with Crippen LogP contribution in [-0.4, -0.2) is 0 Å². The highest BCUT2D eigenvalue weighted by Gasteiger charge is 2.21. The molecule has 1 aliphatic carbocycles. The fraction of sp³-hybridized carbons (Fsp3) is 0.913. The van der Waals surface area contributed by atoms with Crippen LogP contribution in [0.25, 0.3) is 0 Å². The standard InChI is InChI=1S/C23H44/c1-3-5-6-7-8-9-10-11-12-13-15-19-22(18-4-2)23-20-16-14-17-21-23/h4,22-23H,2-3,5-21H2,1H3. The van der Waals surface area contributed by atoms with Gasteiger partial charge in [-0.1, -0.05) is 116 Å². The maximum absolute atomic E-state index is 4.00. The van der Waals surface area contributed by atoms with Crippen molar-refractivity contribution in [2.75, 3.05) is 0 Å². The molecule has 23 heavy (non-hydrogen) atoms. The number of hydrogen-bond acceptors (Lipinski definition) is 0. The lowest BCUT2D eigenvalue weighted by atomic mass is 9.76. The van der Waals surface area contributed by atoms with Gasteiger partial charge in [0.15, 0.2) is 0 Å². The first-order valence-corrected chi connectivity index (χ1v) is 11.0. The average Bonchev–Trinajstić information content (AvgIpc) is 2.59. The van der Waals surface area contributed by atoms with E-state index < -0.39 is 0 Å². The first kappa shape index (κ1) is 20.8. The van der Waals surface area contributed by atoms with E-state index in [1.54, 1.807) is 0 Å². The Hall–Kier alpha value is -0.260. The highest BCUT2D eigenvalue weighted by Crippen LogP contribution is 2.34. The molecule has 1 unspecified atom stereocenters. The molecule has 1 atom stereocenters. The SMILES string of the molecule is C=CCC(CCCCCCCCCCCCC)C1CCCCC1. The fourth-order valence-corrected chi connectivity index (χ4v) is 4.44. The van der Waals surface area contributed by atoms with Gasteiger partial charge >= 0.3 is 0 Å². The van der Waals surface area contributed by atoms with Gasteiger partial charge in [0.1, 0.15) is 0 Å². The van der Waals surface area contributed by atoms with E-state index in [1.165, 1.54) is 116 Å². The minimum atomic E-state index is 0.950. The summed E-state index contributed by atoms with van der Waals surface area (Å²) in [6.07, 6.45) is 28.4. The van der Waals surface area contributed by atoms with E-state index in [1.807, 2.05) is 0 Å². The molecular formula is C23H44. The monoisotopic (exact) mass is 320 g/mol. The molecule has 0 bridgehead atoms. The Kier molecular flexibility index (Phi) is 13.8. The molecule has 0 radical (unpaired) electrons. The van der Waals surface area contributed by atoms with Gasteiger partial charge in [-0.15, -0.1) is 6.58 Å². The molecule has 0 saturated heterocycles. The zero-order valence-corrected chi connectivity index (χ0v) is 16.2. The zero-order valence-electron chi connectivity index (χ0n) is 16.2. The van der Waals surface area contributed by atoms with E-state index in [9.17, 15) is 0 Å². The molecule has 1 fully saturated rings. The summed E-state index contributed by atoms with van der Waals surface area (Å²) in [5, 5.41) is 0. The second-order valence-corrected chi connectivity index (χ2v) is 8.01. The average molecular weight is 321 g/mol. The summed E-state index contributed by atoms with van der Waals surface area (Å²) in [6.45, 7) is 6.30. The molecule has 1 rings (SSSR count). The second-order valence-electron chi connectivity index (χ2n) is 8.01. The van der Waals surface area contributed by atoms with Crippen LogP contribution in [0.3, 0.4) is 0 Å². The van der Waals surface area contributed by atoms with E-state index in [4.69, 9.17) is 0 Å². The number of hydrogen-bond donors (Lipinski definition) is 0. The van der Waals surface area contributed by atoms with Gasteiger partial charge in [0.05, 0.1) is 0 Å². The summed E-state index contributed by atoms with van der Waals surface area (Å²) in [5.74, 6) is 1.97. The summed E-state index contributed by atoms with van der Waals surface area (Å²) in [7, 11) is 0. The van der Waals surface area contributed by atoms with Gasteiger partial charge in [-0.25, -0.2) is 0 Å². The van der Waals surface area contributed by atoms with Crippen molar-refractivity contribution in [3.63, 3.8) is 0 Å². The van der Waals surface area contributed by atoms with Crippen LogP contribution in [0.15, 0.2) is 12.7 Å². The Labute approximate surface area is 147 Å². The second kappa shape index (κ2) is 15.3. The third-order valence-corrected chi connectivity index (χ3v) is 5.96. The van der Waals surface area contributed by atoms with Crippen molar-refractivity contribution in [2.45, 2.75) is 122 Å². The van der Waals surface area contributed by atoms with Crippen LogP contribution >= 0.6 is 0 Å². The molecule has 0 heterocycles. The lowest BCUT2D eigenvalue weighted by molar-refractivity contribution is 0.232. The van der Waals surface area contributed by atoms with Crippen molar-refractivity contribution >= 4 is 0 Å². The first-order chi connectivity index (χ1) is 11.4. The van der Waals surface area contributed by atoms with Crippen LogP contribution in [0.4, 0.5) is 0 Å². The van der Waals surface area contributed by atoms with Gasteiger partial charge < -0.3 is 0 Å². The molecular weight excluding hydrogens is 276 g/mol. The topological polar surface area (TPSA) is 0 Å². The van der Waals surface area contributed by atoms with Crippen LogP contribution in [0.2, 0.25) is 0 Å². The maximum atomic E-state index is 4.00. The quantitative estimate of drug-likeness (QED) is 0.210. The van der Waals surface area contributed by atoms with Crippen LogP contribution in [0.5, 0.6) is 0 Å². The Balaban J connectivity index is 1.94. The van der Waals surface area contributed by atoms with Crippen molar-refractivity contribution in [1.29, 1.82) is 0 Å². The molecule has 0 amide bonds. The summed E-state index contributed by atoms with van der Waals surface area (Å²) < 4.78 is 0. The summed E-state index contributed by atoms with van der Waals surface area (Å²) in [5.41, 5.74) is 0. The molecule has 1 aliphatic rings. The first-order valence-electron chi connectivity index (χ1n) is 11.0. The number of rotatable bonds is 15. The van der Waals surface area contributed by atoms with Gasteiger partial charge in [-0.3, -0.25) is 0 Å². The Morgan fingerprint density at radius 2 is 1.30 bits per heavy atom. The van der Waals surface area contributed by atoms with E-state index in [0.717, 1.165) is 11.8 Å². The van der Waals surface area contributed by atoms with Gasteiger partial charge in [0.2, 0.25) is 0 Å². The summed E-state index contributed by atoms with van der Waals surface area (Å²) >= 11 is 0. The van der Waals surface area contributed by atoms with Crippen molar-refractivity contribution < 1.29 is 0 Å². The van der Waals surface area contributed by atoms with Crippen molar-refractivity contribution in [1.82, 2.24) is 0 Å². The molecule has 0 spiro atoms. The van der Waals surface area contributed by atoms with E-state index >= 15 is 0 Å². The fourth-order valence-electron chi connectivity index (χ4n) is 4.44. The largest absolute Gasteiger partial charge is 0.103 e. The Morgan fingerprint density at radius 3 is 1.83 bits per heavy atom. The number of unbranched alkanes of at least 4 members (excludes halogenated alkanes) is 10. The molecule has 0 N–H and O–H groups in total. The maximum Gasteiger partial charge on any atom is -0.0322 e. The van der Waals surface area contributed by atoms with E-state index in [-0.39, 0.29) is 0 Å². The molecule has 1 saturated carbocycles. The summed E-state index contributed by atoms with van der Waals surface area (Å²) in [6, 6.07) is 0. The summed E-state index contributed by atoms with van der Waals surface area (Å²) in [4.78, 5) is 0. The van der Waals surface area contributed by atoms with Gasteiger partial charge in [0.25, 0.3) is 0 Å².